The van der Waals surface area contributed by atoms with Crippen LogP contribution in [0.25, 0.3) is 5.70 Å². The molecule has 0 radical (unpaired) electrons. The van der Waals surface area contributed by atoms with E-state index in [1.807, 2.05) is 18.3 Å². The second-order valence-electron chi connectivity index (χ2n) is 12.7. The van der Waals surface area contributed by atoms with Crippen molar-refractivity contribution in [3.63, 3.8) is 0 Å². The van der Waals surface area contributed by atoms with Crippen molar-refractivity contribution in [2.45, 2.75) is 44.9 Å². The van der Waals surface area contributed by atoms with E-state index in [0.717, 1.165) is 64.2 Å². The number of nitrogens with two attached hydrogens (primary N) is 1. The number of amides is 1. The fourth-order valence-electron chi connectivity index (χ4n) is 7.18. The highest BCUT2D eigenvalue weighted by Gasteiger charge is 2.38. The summed E-state index contributed by atoms with van der Waals surface area (Å²) in [7, 11) is 0. The van der Waals surface area contributed by atoms with Gasteiger partial charge in [-0.05, 0) is 61.6 Å². The number of hydrogen-bond donors (Lipinski definition) is 3. The van der Waals surface area contributed by atoms with Gasteiger partial charge in [-0.2, -0.15) is 4.90 Å². The zero-order chi connectivity index (χ0) is 32.6. The maximum atomic E-state index is 13.8. The third kappa shape index (κ3) is 5.58. The van der Waals surface area contributed by atoms with Gasteiger partial charge >= 0.3 is 5.91 Å². The number of imidazole rings is 1. The lowest BCUT2D eigenvalue weighted by molar-refractivity contribution is -0.588. The summed E-state index contributed by atoms with van der Waals surface area (Å²) in [6.45, 7) is 5.19. The van der Waals surface area contributed by atoms with Crippen molar-refractivity contribution in [2.24, 2.45) is 10.7 Å². The van der Waals surface area contributed by atoms with Crippen LogP contribution in [-0.4, -0.2) is 92.5 Å². The van der Waals surface area contributed by atoms with Gasteiger partial charge in [0.1, 0.15) is 31.2 Å². The van der Waals surface area contributed by atoms with E-state index in [-0.39, 0.29) is 12.5 Å². The number of anilines is 2. The third-order valence-corrected chi connectivity index (χ3v) is 9.86. The van der Waals surface area contributed by atoms with Crippen LogP contribution in [0.1, 0.15) is 51.5 Å². The van der Waals surface area contributed by atoms with Crippen molar-refractivity contribution < 1.29 is 24.2 Å². The Balaban J connectivity index is 1.06. The van der Waals surface area contributed by atoms with Crippen molar-refractivity contribution in [3.05, 3.63) is 89.0 Å². The second kappa shape index (κ2) is 12.8. The summed E-state index contributed by atoms with van der Waals surface area (Å²) >= 11 is 0. The predicted octanol–water partition coefficient (Wildman–Crippen LogP) is 1.87. The third-order valence-electron chi connectivity index (χ3n) is 9.86. The lowest BCUT2D eigenvalue weighted by atomic mass is 9.98. The molecule has 1 amide bonds. The Morgan fingerprint density at radius 3 is 2.81 bits per heavy atom. The fraction of sp³-hybridized carbons (Fsp3) is 0.371. The summed E-state index contributed by atoms with van der Waals surface area (Å²) in [6.07, 6.45) is 15.3. The Hall–Kier alpha value is -5.14. The minimum atomic E-state index is -0.311. The quantitative estimate of drug-likeness (QED) is 0.195. The van der Waals surface area contributed by atoms with Gasteiger partial charge in [-0.1, -0.05) is 0 Å². The lowest BCUT2D eigenvalue weighted by Crippen LogP contribution is -2.50. The van der Waals surface area contributed by atoms with Crippen LogP contribution < -0.4 is 20.5 Å². The summed E-state index contributed by atoms with van der Waals surface area (Å²) in [5.41, 5.74) is 13.0. The number of fused-ring (bicyclic) bond motifs is 3. The molecule has 7 heterocycles. The molecular formula is C35H40N10O3+2. The minimum Gasteiger partial charge on any atom is -0.398 e. The number of nitrogens with one attached hydrogen (secondary N) is 2. The molecule has 8 rings (SSSR count). The van der Waals surface area contributed by atoms with E-state index >= 15 is 0 Å². The highest BCUT2D eigenvalue weighted by Crippen LogP contribution is 2.31. The Morgan fingerprint density at radius 1 is 1.19 bits per heavy atom. The number of aromatic nitrogens is 5. The molecule has 4 aliphatic rings. The normalized spacial score (nSPS) is 18.8. The number of aliphatic hydroxyl groups is 1. The summed E-state index contributed by atoms with van der Waals surface area (Å²) in [4.78, 5) is 38.0. The number of aromatic amines is 2. The zero-order valence-corrected chi connectivity index (χ0v) is 26.8. The van der Waals surface area contributed by atoms with Crippen molar-refractivity contribution in [1.82, 2.24) is 19.5 Å². The molecular weight excluding hydrogens is 608 g/mol. The number of rotatable bonds is 8. The molecule has 0 unspecified atom stereocenters. The molecule has 3 aliphatic heterocycles. The van der Waals surface area contributed by atoms with Crippen LogP contribution in [0.4, 0.5) is 17.3 Å². The van der Waals surface area contributed by atoms with Crippen molar-refractivity contribution in [1.29, 1.82) is 0 Å². The summed E-state index contributed by atoms with van der Waals surface area (Å²) in [5, 5.41) is 10.6. The monoisotopic (exact) mass is 648 g/mol. The van der Waals surface area contributed by atoms with Gasteiger partial charge in [-0.3, -0.25) is 0 Å². The molecule has 5 N–H and O–H groups in total. The van der Waals surface area contributed by atoms with Gasteiger partial charge in [0.2, 0.25) is 0 Å². The summed E-state index contributed by atoms with van der Waals surface area (Å²) in [6, 6.07) is 8.27. The number of carbonyl (C=O) groups excluding carboxylic acids is 1. The average molecular weight is 649 g/mol. The van der Waals surface area contributed by atoms with Crippen LogP contribution in [0, 0.1) is 0 Å². The van der Waals surface area contributed by atoms with Crippen LogP contribution in [0.5, 0.6) is 0 Å². The van der Waals surface area contributed by atoms with Gasteiger partial charge < -0.3 is 30.0 Å². The molecule has 0 spiro atoms. The first-order valence-corrected chi connectivity index (χ1v) is 16.7. The number of nitrogens with zero attached hydrogens (tertiary/aromatic N) is 7. The van der Waals surface area contributed by atoms with Gasteiger partial charge in [-0.15, -0.1) is 0 Å². The molecule has 4 aromatic rings. The van der Waals surface area contributed by atoms with Crippen LogP contribution in [-0.2, 0) is 30.7 Å². The van der Waals surface area contributed by atoms with Crippen LogP contribution in [0.15, 0.2) is 60.1 Å². The van der Waals surface area contributed by atoms with Gasteiger partial charge in [-0.25, -0.2) is 29.3 Å². The van der Waals surface area contributed by atoms with E-state index in [0.29, 0.717) is 64.8 Å². The Morgan fingerprint density at radius 2 is 2.08 bits per heavy atom. The maximum absolute atomic E-state index is 13.8. The molecule has 13 heteroatoms. The summed E-state index contributed by atoms with van der Waals surface area (Å²) in [5.74, 6) is 1.49. The molecule has 246 valence electrons. The fourth-order valence-corrected chi connectivity index (χ4v) is 7.18. The van der Waals surface area contributed by atoms with Gasteiger partial charge in [0.05, 0.1) is 49.9 Å². The Labute approximate surface area is 278 Å². The smallest absolute Gasteiger partial charge is 0.357 e. The number of ether oxygens (including phenoxy) is 1. The number of carbonyl (C=O) groups is 1. The number of aryl methyl sites for hydroxylation is 1. The average Bonchev–Trinajstić information content (AvgIpc) is 3.77. The molecule has 0 saturated carbocycles. The summed E-state index contributed by atoms with van der Waals surface area (Å²) < 4.78 is 9.90. The predicted molar refractivity (Wildman–Crippen MR) is 181 cm³/mol. The molecule has 1 aliphatic carbocycles. The van der Waals surface area contributed by atoms with Crippen LogP contribution in [0.3, 0.4) is 0 Å². The molecule has 0 aromatic carbocycles. The second-order valence-corrected chi connectivity index (χ2v) is 12.7. The topological polar surface area (TPSA) is 155 Å². The Kier molecular flexibility index (Phi) is 8.06. The number of aliphatic hydroxyl groups excluding tert-OH is 1. The van der Waals surface area contributed by atoms with Gasteiger partial charge in [0, 0.05) is 29.3 Å². The first kappa shape index (κ1) is 30.2. The maximum Gasteiger partial charge on any atom is 0.357 e. The van der Waals surface area contributed by atoms with E-state index in [2.05, 4.69) is 46.3 Å². The van der Waals surface area contributed by atoms with Gasteiger partial charge in [0.15, 0.2) is 30.4 Å². The standard InChI is InChI=1S/C35H39N10O3/c36-28(26-7-8-39-34(27(26)20-46)45-16-15-44-30-4-2-1-3-23(30)17-31(44)35(45)47)18-29(33-37-9-10-38-33)41-32-6-5-24(19-40-32)42-11-13-43(14-12-42)25-21-48-22-25/h5-10,13,17-19,25,46H,1-4,11-12,14-16,20-22,36H2,(H,37,38)/q+1/p+1/b28-18-,41-29?. The Bertz CT molecular complexity index is 1920. The largest absolute Gasteiger partial charge is 0.398 e. The molecule has 0 bridgehead atoms. The first-order valence-electron chi connectivity index (χ1n) is 16.7. The molecule has 4 aromatic heterocycles. The lowest BCUT2D eigenvalue weighted by Gasteiger charge is -2.30. The molecule has 48 heavy (non-hydrogen) atoms. The van der Waals surface area contributed by atoms with Crippen LogP contribution in [0.2, 0.25) is 0 Å². The van der Waals surface area contributed by atoms with Crippen molar-refractivity contribution >= 4 is 40.9 Å². The number of hydrogen-bond acceptors (Lipinski definition) is 8. The molecule has 13 nitrogen and oxygen atoms in total. The number of H-pyrrole nitrogens is 2. The number of allylic oxidation sites excluding steroid dienone is 1. The zero-order valence-electron chi connectivity index (χ0n) is 26.8. The number of pyridine rings is 2. The van der Waals surface area contributed by atoms with Gasteiger partial charge in [0.25, 0.3) is 5.82 Å². The highest BCUT2D eigenvalue weighted by molar-refractivity contribution is 6.11. The number of aliphatic imine (C=N–C) groups is 1. The van der Waals surface area contributed by atoms with E-state index in [1.165, 1.54) is 11.3 Å². The minimum absolute atomic E-state index is 0.0820. The van der Waals surface area contributed by atoms with Crippen molar-refractivity contribution in [3.8, 4) is 0 Å². The van der Waals surface area contributed by atoms with Crippen molar-refractivity contribution in [2.75, 3.05) is 49.2 Å². The van der Waals surface area contributed by atoms with E-state index < -0.39 is 0 Å². The van der Waals surface area contributed by atoms with E-state index in [1.54, 1.807) is 35.6 Å². The molecule has 0 atom stereocenters. The van der Waals surface area contributed by atoms with Crippen LogP contribution >= 0.6 is 0 Å². The first-order chi connectivity index (χ1) is 23.6. The molecule has 1 fully saturated rings. The highest BCUT2D eigenvalue weighted by atomic mass is 16.5. The molecule has 1 saturated heterocycles. The SMILES string of the molecule is N/C(=C\C(=Nc1ccc(N2CC=[N+](C3COC3)CC2)cn1)c1ncc[nH]1)c1cc[nH+]c(N2CCn3c(cc4c3CCCC4)C2=O)c1CO. The van der Waals surface area contributed by atoms with E-state index in [9.17, 15) is 9.90 Å². The van der Waals surface area contributed by atoms with E-state index in [4.69, 9.17) is 15.5 Å².